The van der Waals surface area contributed by atoms with Gasteiger partial charge in [0, 0.05) is 18.6 Å². The molecule has 2 rings (SSSR count). The highest BCUT2D eigenvalue weighted by Crippen LogP contribution is 2.18. The van der Waals surface area contributed by atoms with Gasteiger partial charge in [-0.3, -0.25) is 0 Å². The number of hydrogen-bond acceptors (Lipinski definition) is 2. The molecule has 0 saturated heterocycles. The number of benzene rings is 1. The van der Waals surface area contributed by atoms with Gasteiger partial charge in [0.25, 0.3) is 0 Å². The molecule has 94 valence electrons. The van der Waals surface area contributed by atoms with E-state index in [2.05, 4.69) is 51.2 Å². The van der Waals surface area contributed by atoms with Crippen molar-refractivity contribution < 1.29 is 0 Å². The Bertz CT molecular complexity index is 337. The van der Waals surface area contributed by atoms with E-state index in [1.807, 2.05) is 0 Å². The molecule has 0 bridgehead atoms. The number of rotatable bonds is 4. The van der Waals surface area contributed by atoms with Crippen LogP contribution in [0.25, 0.3) is 0 Å². The Morgan fingerprint density at radius 1 is 1.12 bits per heavy atom. The lowest BCUT2D eigenvalue weighted by Gasteiger charge is -2.32. The molecule has 1 aliphatic rings. The van der Waals surface area contributed by atoms with Gasteiger partial charge >= 0.3 is 0 Å². The molecule has 3 heteroatoms. The summed E-state index contributed by atoms with van der Waals surface area (Å²) >= 11 is 0. The van der Waals surface area contributed by atoms with Crippen LogP contribution in [0.3, 0.4) is 0 Å². The van der Waals surface area contributed by atoms with E-state index in [1.54, 1.807) is 0 Å². The topological polar surface area (TPSA) is 24.1 Å². The molecular weight excluding hydrogens is 227 g/mol. The standard InChI is InChI=1S/C14H23N2P/c1-15-13-4-2-3-5-14(13)16-10-11-6-8-12(17)9-7-11/h6-9,13-16H,2-5,10,17H2,1H3. The Morgan fingerprint density at radius 3 is 2.41 bits per heavy atom. The van der Waals surface area contributed by atoms with Gasteiger partial charge in [0.15, 0.2) is 0 Å². The zero-order valence-electron chi connectivity index (χ0n) is 10.6. The highest BCUT2D eigenvalue weighted by Gasteiger charge is 2.22. The van der Waals surface area contributed by atoms with E-state index in [-0.39, 0.29) is 0 Å². The minimum absolute atomic E-state index is 0.629. The number of hydrogen-bond donors (Lipinski definition) is 2. The van der Waals surface area contributed by atoms with E-state index in [0.29, 0.717) is 12.1 Å². The van der Waals surface area contributed by atoms with Crippen LogP contribution in [0.2, 0.25) is 0 Å². The van der Waals surface area contributed by atoms with Crippen LogP contribution in [0.15, 0.2) is 24.3 Å². The van der Waals surface area contributed by atoms with Crippen LogP contribution in [-0.4, -0.2) is 19.1 Å². The molecule has 0 radical (unpaired) electrons. The van der Waals surface area contributed by atoms with Gasteiger partial charge in [-0.05, 0) is 30.8 Å². The summed E-state index contributed by atoms with van der Waals surface area (Å²) in [6, 6.07) is 9.98. The van der Waals surface area contributed by atoms with Crippen molar-refractivity contribution >= 4 is 14.5 Å². The van der Waals surface area contributed by atoms with E-state index in [4.69, 9.17) is 0 Å². The number of likely N-dealkylation sites (N-methyl/N-ethyl adjacent to an activating group) is 1. The molecule has 2 nitrogen and oxygen atoms in total. The summed E-state index contributed by atoms with van der Waals surface area (Å²) in [5, 5.41) is 8.37. The molecule has 0 spiro atoms. The minimum atomic E-state index is 0.629. The van der Waals surface area contributed by atoms with Crippen molar-refractivity contribution in [3.8, 4) is 0 Å². The van der Waals surface area contributed by atoms with E-state index < -0.39 is 0 Å². The second kappa shape index (κ2) is 6.49. The highest BCUT2D eigenvalue weighted by atomic mass is 31.0. The molecule has 1 fully saturated rings. The van der Waals surface area contributed by atoms with Crippen molar-refractivity contribution in [1.82, 2.24) is 10.6 Å². The second-order valence-corrected chi connectivity index (χ2v) is 5.58. The smallest absolute Gasteiger partial charge is 0.0224 e. The Kier molecular flexibility index (Phi) is 4.97. The third kappa shape index (κ3) is 3.77. The van der Waals surface area contributed by atoms with Crippen LogP contribution in [0, 0.1) is 0 Å². The minimum Gasteiger partial charge on any atom is -0.315 e. The molecule has 2 N–H and O–H groups in total. The van der Waals surface area contributed by atoms with Gasteiger partial charge in [-0.1, -0.05) is 37.1 Å². The van der Waals surface area contributed by atoms with Crippen molar-refractivity contribution in [3.05, 3.63) is 29.8 Å². The maximum Gasteiger partial charge on any atom is 0.0224 e. The van der Waals surface area contributed by atoms with Gasteiger partial charge in [-0.15, -0.1) is 9.24 Å². The lowest BCUT2D eigenvalue weighted by atomic mass is 9.90. The summed E-state index contributed by atoms with van der Waals surface area (Å²) in [6.07, 6.45) is 5.33. The fourth-order valence-electron chi connectivity index (χ4n) is 2.61. The first-order chi connectivity index (χ1) is 8.29. The fourth-order valence-corrected chi connectivity index (χ4v) is 2.80. The molecule has 0 aromatic heterocycles. The van der Waals surface area contributed by atoms with Gasteiger partial charge in [-0.25, -0.2) is 0 Å². The average molecular weight is 250 g/mol. The normalized spacial score (nSPS) is 24.8. The van der Waals surface area contributed by atoms with Gasteiger partial charge in [0.05, 0.1) is 0 Å². The van der Waals surface area contributed by atoms with Gasteiger partial charge < -0.3 is 10.6 Å². The average Bonchev–Trinajstić information content (AvgIpc) is 2.38. The van der Waals surface area contributed by atoms with Crippen LogP contribution < -0.4 is 15.9 Å². The molecule has 3 atom stereocenters. The molecule has 0 aliphatic heterocycles. The van der Waals surface area contributed by atoms with Crippen LogP contribution in [0.5, 0.6) is 0 Å². The van der Waals surface area contributed by atoms with Crippen LogP contribution >= 0.6 is 9.24 Å². The zero-order chi connectivity index (χ0) is 12.1. The third-order valence-electron chi connectivity index (χ3n) is 3.68. The van der Waals surface area contributed by atoms with Crippen molar-refractivity contribution in [3.63, 3.8) is 0 Å². The van der Waals surface area contributed by atoms with E-state index in [0.717, 1.165) is 6.54 Å². The molecule has 0 heterocycles. The highest BCUT2D eigenvalue weighted by molar-refractivity contribution is 7.27. The first-order valence-corrected chi connectivity index (χ1v) is 7.12. The predicted octanol–water partition coefficient (Wildman–Crippen LogP) is 1.81. The predicted molar refractivity (Wildman–Crippen MR) is 77.7 cm³/mol. The van der Waals surface area contributed by atoms with Crippen LogP contribution in [-0.2, 0) is 6.54 Å². The summed E-state index contributed by atoms with van der Waals surface area (Å²) < 4.78 is 0. The largest absolute Gasteiger partial charge is 0.315 e. The Hall–Kier alpha value is -0.430. The first-order valence-electron chi connectivity index (χ1n) is 6.54. The Labute approximate surface area is 107 Å². The first kappa shape index (κ1) is 13.0. The van der Waals surface area contributed by atoms with Crippen molar-refractivity contribution in [2.24, 2.45) is 0 Å². The molecule has 3 unspecified atom stereocenters. The molecule has 1 saturated carbocycles. The lowest BCUT2D eigenvalue weighted by Crippen LogP contribution is -2.48. The zero-order valence-corrected chi connectivity index (χ0v) is 11.7. The molecular formula is C14H23N2P. The Balaban J connectivity index is 1.86. The number of nitrogens with one attached hydrogen (secondary N) is 2. The van der Waals surface area contributed by atoms with Crippen LogP contribution in [0.4, 0.5) is 0 Å². The summed E-state index contributed by atoms with van der Waals surface area (Å²) in [6.45, 7) is 0.980. The van der Waals surface area contributed by atoms with Crippen molar-refractivity contribution in [2.75, 3.05) is 7.05 Å². The van der Waals surface area contributed by atoms with Crippen molar-refractivity contribution in [1.29, 1.82) is 0 Å². The summed E-state index contributed by atoms with van der Waals surface area (Å²) in [7, 11) is 4.80. The summed E-state index contributed by atoms with van der Waals surface area (Å²) in [5.74, 6) is 0. The monoisotopic (exact) mass is 250 g/mol. The molecule has 1 aromatic carbocycles. The molecule has 1 aromatic rings. The fraction of sp³-hybridized carbons (Fsp3) is 0.571. The Morgan fingerprint density at radius 2 is 1.76 bits per heavy atom. The quantitative estimate of drug-likeness (QED) is 0.796. The molecule has 1 aliphatic carbocycles. The van der Waals surface area contributed by atoms with Gasteiger partial charge in [0.2, 0.25) is 0 Å². The molecule has 0 amide bonds. The summed E-state index contributed by atoms with van der Waals surface area (Å²) in [4.78, 5) is 0. The SMILES string of the molecule is CNC1CCCCC1NCc1ccc(P)cc1. The third-order valence-corrected chi connectivity index (χ3v) is 4.07. The van der Waals surface area contributed by atoms with Crippen molar-refractivity contribution in [2.45, 2.75) is 44.3 Å². The van der Waals surface area contributed by atoms with Gasteiger partial charge in [0.1, 0.15) is 0 Å². The van der Waals surface area contributed by atoms with Crippen LogP contribution in [0.1, 0.15) is 31.2 Å². The van der Waals surface area contributed by atoms with E-state index in [1.165, 1.54) is 36.6 Å². The summed E-state index contributed by atoms with van der Waals surface area (Å²) in [5.41, 5.74) is 1.37. The lowest BCUT2D eigenvalue weighted by molar-refractivity contribution is 0.294. The van der Waals surface area contributed by atoms with E-state index >= 15 is 0 Å². The second-order valence-electron chi connectivity index (χ2n) is 4.91. The molecule has 17 heavy (non-hydrogen) atoms. The van der Waals surface area contributed by atoms with E-state index in [9.17, 15) is 0 Å². The maximum atomic E-state index is 3.69. The van der Waals surface area contributed by atoms with Gasteiger partial charge in [-0.2, -0.15) is 0 Å². The maximum absolute atomic E-state index is 3.69.